The molecule has 1 aliphatic carbocycles. The lowest BCUT2D eigenvalue weighted by Crippen LogP contribution is -2.52. The first-order chi connectivity index (χ1) is 18.8. The van der Waals surface area contributed by atoms with E-state index in [9.17, 15) is 14.7 Å². The van der Waals surface area contributed by atoms with E-state index in [1.165, 1.54) is 23.2 Å². The molecular formula is C31H41N3O5Si. The quantitative estimate of drug-likeness (QED) is 0.335. The Kier molecular flexibility index (Phi) is 7.11. The molecule has 1 aromatic carbocycles. The van der Waals surface area contributed by atoms with Crippen LogP contribution >= 0.6 is 0 Å². The standard InChI is InChI=1S/C31H41N3O5Si/c1-7-31(39-26(35)11-13-32)22-16-23-27(28(36)21(22)18-38-29(31)37)34-17-20-19(15-25(34)33-23)9-8-10-24(20)40(5,6)14-12-30(2,3)4/h8-10,15,36H,7,11-14,16-18,32H2,1-6H3. The molecule has 3 aliphatic rings. The smallest absolute Gasteiger partial charge is 0.355 e. The van der Waals surface area contributed by atoms with E-state index in [1.54, 1.807) is 6.92 Å². The van der Waals surface area contributed by atoms with Crippen LogP contribution in [0.1, 0.15) is 63.8 Å². The molecule has 1 atom stereocenters. The molecule has 1 unspecified atom stereocenters. The molecule has 5 rings (SSSR count). The first-order valence-corrected chi connectivity index (χ1v) is 17.5. The zero-order chi connectivity index (χ0) is 29.0. The number of aromatic nitrogens is 2. The summed E-state index contributed by atoms with van der Waals surface area (Å²) in [6, 6.07) is 7.77. The maximum atomic E-state index is 13.1. The fraction of sp³-hybridized carbons (Fsp3) is 0.516. The average Bonchev–Trinajstić information content (AvgIpc) is 3.25. The van der Waals surface area contributed by atoms with Crippen LogP contribution in [0.2, 0.25) is 19.1 Å². The fourth-order valence-electron chi connectivity index (χ4n) is 6.23. The number of cyclic esters (lactones) is 1. The predicted molar refractivity (Wildman–Crippen MR) is 157 cm³/mol. The first-order valence-electron chi connectivity index (χ1n) is 14.3. The van der Waals surface area contributed by atoms with Crippen molar-refractivity contribution in [3.63, 3.8) is 0 Å². The van der Waals surface area contributed by atoms with Gasteiger partial charge in [0.05, 0.1) is 26.7 Å². The molecule has 9 heteroatoms. The van der Waals surface area contributed by atoms with E-state index in [0.29, 0.717) is 28.7 Å². The summed E-state index contributed by atoms with van der Waals surface area (Å²) in [7, 11) is -1.75. The van der Waals surface area contributed by atoms with Crippen molar-refractivity contribution in [1.29, 1.82) is 0 Å². The lowest BCUT2D eigenvalue weighted by atomic mass is 9.79. The van der Waals surface area contributed by atoms with Crippen LogP contribution in [-0.2, 0) is 32.0 Å². The third kappa shape index (κ3) is 4.73. The normalized spacial score (nSPS) is 20.2. The van der Waals surface area contributed by atoms with E-state index in [4.69, 9.17) is 20.2 Å². The van der Waals surface area contributed by atoms with Crippen molar-refractivity contribution in [2.45, 2.75) is 84.7 Å². The van der Waals surface area contributed by atoms with Crippen molar-refractivity contribution in [1.82, 2.24) is 9.55 Å². The second-order valence-corrected chi connectivity index (χ2v) is 17.9. The van der Waals surface area contributed by atoms with Crippen molar-refractivity contribution >= 4 is 37.0 Å². The number of esters is 2. The van der Waals surface area contributed by atoms with Crippen molar-refractivity contribution < 1.29 is 24.2 Å². The second-order valence-electron chi connectivity index (χ2n) is 13.1. The number of rotatable bonds is 7. The van der Waals surface area contributed by atoms with Gasteiger partial charge in [-0.3, -0.25) is 4.79 Å². The van der Waals surface area contributed by atoms with Crippen molar-refractivity contribution in [3.05, 3.63) is 57.0 Å². The molecule has 40 heavy (non-hydrogen) atoms. The van der Waals surface area contributed by atoms with Crippen molar-refractivity contribution in [3.8, 4) is 0 Å². The lowest BCUT2D eigenvalue weighted by Gasteiger charge is -2.38. The average molecular weight is 564 g/mol. The Morgan fingerprint density at radius 2 is 2.05 bits per heavy atom. The summed E-state index contributed by atoms with van der Waals surface area (Å²) < 4.78 is 13.3. The number of nitrogens with zero attached hydrogens (tertiary/aromatic N) is 2. The number of benzene rings is 1. The third-order valence-corrected chi connectivity index (χ3v) is 12.1. The van der Waals surface area contributed by atoms with E-state index in [-0.39, 0.29) is 43.6 Å². The molecule has 0 radical (unpaired) electrons. The number of ether oxygens (including phenoxy) is 2. The highest BCUT2D eigenvalue weighted by Crippen LogP contribution is 2.39. The largest absolute Gasteiger partial charge is 0.505 e. The molecule has 8 nitrogen and oxygen atoms in total. The van der Waals surface area contributed by atoms with Crippen molar-refractivity contribution in [2.24, 2.45) is 11.1 Å². The van der Waals surface area contributed by atoms with Crippen molar-refractivity contribution in [2.75, 3.05) is 13.2 Å². The van der Waals surface area contributed by atoms with Gasteiger partial charge in [-0.15, -0.1) is 0 Å². The number of carbonyl (C=O) groups excluding carboxylic acids is 2. The van der Waals surface area contributed by atoms with Gasteiger partial charge in [0.2, 0.25) is 5.60 Å². The SMILES string of the molecule is CCC1(OC(=O)CCN)C(=O)OCC2=C1Cc1nc3n(c1=C2O)Cc1c(cccc1[Si](C)(C)CCC(C)(C)C)C=3. The molecule has 3 heterocycles. The van der Waals surface area contributed by atoms with Crippen LogP contribution in [0.25, 0.3) is 11.8 Å². The molecule has 0 saturated heterocycles. The summed E-state index contributed by atoms with van der Waals surface area (Å²) >= 11 is 0. The summed E-state index contributed by atoms with van der Waals surface area (Å²) in [5, 5.41) is 13.7. The minimum absolute atomic E-state index is 0.0116. The molecule has 214 valence electrons. The van der Waals surface area contributed by atoms with Gasteiger partial charge in [-0.25, -0.2) is 9.78 Å². The summed E-state index contributed by atoms with van der Waals surface area (Å²) in [6.07, 6.45) is 3.73. The van der Waals surface area contributed by atoms with Gasteiger partial charge in [-0.05, 0) is 29.0 Å². The molecule has 2 aliphatic heterocycles. The van der Waals surface area contributed by atoms with Crippen LogP contribution in [0.4, 0.5) is 0 Å². The highest BCUT2D eigenvalue weighted by Gasteiger charge is 2.52. The van der Waals surface area contributed by atoms with Gasteiger partial charge in [0.15, 0.2) is 0 Å². The molecule has 0 spiro atoms. The minimum atomic E-state index is -1.75. The minimum Gasteiger partial charge on any atom is -0.505 e. The van der Waals surface area contributed by atoms with E-state index in [0.717, 1.165) is 11.0 Å². The number of aliphatic hydroxyl groups excluding tert-OH is 1. The van der Waals surface area contributed by atoms with Gasteiger partial charge >= 0.3 is 11.9 Å². The van der Waals surface area contributed by atoms with Crippen LogP contribution in [0, 0.1) is 5.41 Å². The Labute approximate surface area is 236 Å². The van der Waals surface area contributed by atoms with E-state index < -0.39 is 25.6 Å². The molecule has 1 aromatic heterocycles. The zero-order valence-electron chi connectivity index (χ0n) is 24.5. The number of aliphatic hydroxyl groups is 1. The summed E-state index contributed by atoms with van der Waals surface area (Å²) in [5.74, 6) is -1.15. The third-order valence-electron chi connectivity index (χ3n) is 8.63. The first kappa shape index (κ1) is 28.4. The molecule has 2 aromatic rings. The zero-order valence-corrected chi connectivity index (χ0v) is 25.5. The predicted octanol–water partition coefficient (Wildman–Crippen LogP) is 2.54. The number of carbonyl (C=O) groups is 2. The summed E-state index contributed by atoms with van der Waals surface area (Å²) in [6.45, 7) is 14.2. The van der Waals surface area contributed by atoms with E-state index in [2.05, 4.69) is 62.7 Å². The van der Waals surface area contributed by atoms with Gasteiger partial charge in [0.1, 0.15) is 23.2 Å². The molecule has 0 amide bonds. The van der Waals surface area contributed by atoms with Gasteiger partial charge in [-0.2, -0.15) is 0 Å². The number of hydrogen-bond donors (Lipinski definition) is 2. The van der Waals surface area contributed by atoms with Crippen LogP contribution in [0.3, 0.4) is 0 Å². The number of imidazole rings is 1. The van der Waals surface area contributed by atoms with Gasteiger partial charge in [0.25, 0.3) is 0 Å². The van der Waals surface area contributed by atoms with Crippen LogP contribution in [0.5, 0.6) is 0 Å². The van der Waals surface area contributed by atoms with E-state index >= 15 is 0 Å². The fourth-order valence-corrected chi connectivity index (χ4v) is 9.46. The van der Waals surface area contributed by atoms with Gasteiger partial charge in [0, 0.05) is 24.1 Å². The summed E-state index contributed by atoms with van der Waals surface area (Å²) in [5.41, 5.74) is 9.17. The van der Waals surface area contributed by atoms with Gasteiger partial charge < -0.3 is 24.9 Å². The van der Waals surface area contributed by atoms with Crippen LogP contribution < -0.4 is 21.7 Å². The highest BCUT2D eigenvalue weighted by atomic mass is 28.3. The maximum absolute atomic E-state index is 13.1. The monoisotopic (exact) mass is 563 g/mol. The lowest BCUT2D eigenvalue weighted by molar-refractivity contribution is -0.180. The van der Waals surface area contributed by atoms with Crippen LogP contribution in [0.15, 0.2) is 29.3 Å². The Morgan fingerprint density at radius 3 is 2.73 bits per heavy atom. The molecule has 0 saturated carbocycles. The number of nitrogens with two attached hydrogens (primary N) is 1. The Morgan fingerprint density at radius 1 is 1.30 bits per heavy atom. The maximum Gasteiger partial charge on any atom is 0.355 e. The Bertz CT molecular complexity index is 1550. The number of fused-ring (bicyclic) bond motifs is 4. The molecule has 3 N–H and O–H groups in total. The molecular weight excluding hydrogens is 522 g/mol. The topological polar surface area (TPSA) is 117 Å². The van der Waals surface area contributed by atoms with E-state index in [1.807, 2.05) is 0 Å². The number of hydrogen-bond acceptors (Lipinski definition) is 7. The van der Waals surface area contributed by atoms with Gasteiger partial charge in [-0.1, -0.05) is 76.6 Å². The molecule has 0 bridgehead atoms. The Hall–Kier alpha value is -3.17. The summed E-state index contributed by atoms with van der Waals surface area (Å²) in [4.78, 5) is 30.5. The molecule has 0 fully saturated rings. The Balaban J connectivity index is 1.60. The second kappa shape index (κ2) is 10.0. The highest BCUT2D eigenvalue weighted by molar-refractivity contribution is 6.90. The van der Waals surface area contributed by atoms with Crippen LogP contribution in [-0.4, -0.2) is 53.4 Å².